The maximum atomic E-state index is 5.97. The molecule has 0 amide bonds. The number of hydrogen-bond acceptors (Lipinski definition) is 4. The first-order valence-electron chi connectivity index (χ1n) is 6.69. The minimum atomic E-state index is 0.461. The first-order chi connectivity index (χ1) is 8.10. The van der Waals surface area contributed by atoms with Crippen LogP contribution in [-0.2, 0) is 4.74 Å². The van der Waals surface area contributed by atoms with E-state index in [2.05, 4.69) is 30.8 Å². The lowest BCUT2D eigenvalue weighted by Crippen LogP contribution is -2.50. The summed E-state index contributed by atoms with van der Waals surface area (Å²) < 4.78 is 5.27. The van der Waals surface area contributed by atoms with E-state index in [1.54, 1.807) is 7.11 Å². The molecule has 2 N–H and O–H groups in total. The SMILES string of the molecule is COCC(C)C(CN)N1CCCC1CN(C)C. The minimum absolute atomic E-state index is 0.461. The fraction of sp³-hybridized carbons (Fsp3) is 1.00. The van der Waals surface area contributed by atoms with Crippen LogP contribution >= 0.6 is 0 Å². The van der Waals surface area contributed by atoms with E-state index in [0.717, 1.165) is 19.7 Å². The maximum Gasteiger partial charge on any atom is 0.0503 e. The first kappa shape index (κ1) is 14.9. The number of rotatable bonds is 7. The molecule has 0 saturated carbocycles. The molecule has 1 rings (SSSR count). The fourth-order valence-electron chi connectivity index (χ4n) is 2.98. The lowest BCUT2D eigenvalue weighted by atomic mass is 10.00. The predicted octanol–water partition coefficient (Wildman–Crippen LogP) is 0.622. The van der Waals surface area contributed by atoms with E-state index in [9.17, 15) is 0 Å². The van der Waals surface area contributed by atoms with Crippen molar-refractivity contribution in [1.82, 2.24) is 9.80 Å². The second kappa shape index (κ2) is 7.31. The van der Waals surface area contributed by atoms with Crippen LogP contribution in [0.2, 0.25) is 0 Å². The van der Waals surface area contributed by atoms with Gasteiger partial charge in [0.05, 0.1) is 6.61 Å². The van der Waals surface area contributed by atoms with Crippen molar-refractivity contribution >= 4 is 0 Å². The number of nitrogens with zero attached hydrogens (tertiary/aromatic N) is 2. The van der Waals surface area contributed by atoms with E-state index in [1.165, 1.54) is 19.4 Å². The summed E-state index contributed by atoms with van der Waals surface area (Å²) >= 11 is 0. The van der Waals surface area contributed by atoms with Crippen LogP contribution < -0.4 is 5.73 Å². The van der Waals surface area contributed by atoms with Gasteiger partial charge >= 0.3 is 0 Å². The normalized spacial score (nSPS) is 25.4. The molecule has 1 aliphatic heterocycles. The Morgan fingerprint density at radius 3 is 2.71 bits per heavy atom. The van der Waals surface area contributed by atoms with Gasteiger partial charge in [-0.1, -0.05) is 6.92 Å². The van der Waals surface area contributed by atoms with Crippen molar-refractivity contribution in [3.63, 3.8) is 0 Å². The molecule has 3 atom stereocenters. The molecular formula is C13H29N3O. The summed E-state index contributed by atoms with van der Waals surface area (Å²) in [4.78, 5) is 4.88. The Hall–Kier alpha value is -0.160. The van der Waals surface area contributed by atoms with Gasteiger partial charge in [0.2, 0.25) is 0 Å². The molecule has 102 valence electrons. The van der Waals surface area contributed by atoms with Crippen LogP contribution in [0.25, 0.3) is 0 Å². The summed E-state index contributed by atoms with van der Waals surface area (Å²) in [5.41, 5.74) is 5.97. The zero-order valence-electron chi connectivity index (χ0n) is 11.9. The minimum Gasteiger partial charge on any atom is -0.384 e. The second-order valence-electron chi connectivity index (χ2n) is 5.53. The molecule has 0 aromatic heterocycles. The smallest absolute Gasteiger partial charge is 0.0503 e. The van der Waals surface area contributed by atoms with Crippen LogP contribution in [0.4, 0.5) is 0 Å². The number of nitrogens with two attached hydrogens (primary N) is 1. The largest absolute Gasteiger partial charge is 0.384 e. The highest BCUT2D eigenvalue weighted by molar-refractivity contribution is 4.88. The maximum absolute atomic E-state index is 5.97. The molecule has 17 heavy (non-hydrogen) atoms. The van der Waals surface area contributed by atoms with E-state index >= 15 is 0 Å². The average molecular weight is 243 g/mol. The van der Waals surface area contributed by atoms with E-state index in [4.69, 9.17) is 10.5 Å². The van der Waals surface area contributed by atoms with E-state index < -0.39 is 0 Å². The standard InChI is InChI=1S/C13H29N3O/c1-11(10-17-4)13(8-14)16-7-5-6-12(16)9-15(2)3/h11-13H,5-10,14H2,1-4H3. The van der Waals surface area contributed by atoms with Crippen molar-refractivity contribution in [3.8, 4) is 0 Å². The third kappa shape index (κ3) is 4.21. The zero-order valence-corrected chi connectivity index (χ0v) is 11.9. The van der Waals surface area contributed by atoms with Gasteiger partial charge < -0.3 is 15.4 Å². The zero-order chi connectivity index (χ0) is 12.8. The van der Waals surface area contributed by atoms with Crippen LogP contribution in [0.15, 0.2) is 0 Å². The molecule has 0 radical (unpaired) electrons. The van der Waals surface area contributed by atoms with Gasteiger partial charge in [0.1, 0.15) is 0 Å². The van der Waals surface area contributed by atoms with E-state index in [-0.39, 0.29) is 0 Å². The van der Waals surface area contributed by atoms with Crippen molar-refractivity contribution in [2.24, 2.45) is 11.7 Å². The van der Waals surface area contributed by atoms with Crippen LogP contribution in [0.1, 0.15) is 19.8 Å². The number of methoxy groups -OCH3 is 1. The van der Waals surface area contributed by atoms with Crippen LogP contribution in [0.5, 0.6) is 0 Å². The molecule has 0 aliphatic carbocycles. The molecule has 0 spiro atoms. The van der Waals surface area contributed by atoms with Crippen molar-refractivity contribution in [2.75, 3.05) is 47.4 Å². The number of hydrogen-bond donors (Lipinski definition) is 1. The molecule has 4 heteroatoms. The Kier molecular flexibility index (Phi) is 6.41. The van der Waals surface area contributed by atoms with Crippen molar-refractivity contribution in [3.05, 3.63) is 0 Å². The van der Waals surface area contributed by atoms with Crippen molar-refractivity contribution < 1.29 is 4.74 Å². The average Bonchev–Trinajstić information content (AvgIpc) is 2.67. The summed E-state index contributed by atoms with van der Waals surface area (Å²) in [6.45, 7) is 6.10. The molecule has 1 fully saturated rings. The summed E-state index contributed by atoms with van der Waals surface area (Å²) in [5.74, 6) is 0.507. The predicted molar refractivity (Wildman–Crippen MR) is 72.2 cm³/mol. The molecule has 4 nitrogen and oxygen atoms in total. The third-order valence-corrected chi connectivity index (χ3v) is 3.75. The molecular weight excluding hydrogens is 214 g/mol. The molecule has 0 aromatic carbocycles. The Bertz CT molecular complexity index is 211. The summed E-state index contributed by atoms with van der Waals surface area (Å²) in [6, 6.07) is 1.13. The van der Waals surface area contributed by atoms with Gasteiger partial charge in [-0.3, -0.25) is 4.90 Å². The highest BCUT2D eigenvalue weighted by atomic mass is 16.5. The monoisotopic (exact) mass is 243 g/mol. The van der Waals surface area contributed by atoms with Crippen LogP contribution in [0.3, 0.4) is 0 Å². The Morgan fingerprint density at radius 1 is 1.47 bits per heavy atom. The molecule has 0 aromatic rings. The molecule has 0 bridgehead atoms. The molecule has 3 unspecified atom stereocenters. The van der Waals surface area contributed by atoms with Crippen molar-refractivity contribution in [2.45, 2.75) is 31.8 Å². The van der Waals surface area contributed by atoms with Gasteiger partial charge in [0.25, 0.3) is 0 Å². The van der Waals surface area contributed by atoms with Gasteiger partial charge in [-0.15, -0.1) is 0 Å². The third-order valence-electron chi connectivity index (χ3n) is 3.75. The highest BCUT2D eigenvalue weighted by Crippen LogP contribution is 2.24. The van der Waals surface area contributed by atoms with Crippen LogP contribution in [-0.4, -0.2) is 69.3 Å². The summed E-state index contributed by atoms with van der Waals surface area (Å²) in [5, 5.41) is 0. The Balaban J connectivity index is 2.59. The quantitative estimate of drug-likeness (QED) is 0.712. The molecule has 1 aliphatic rings. The molecule has 1 heterocycles. The van der Waals surface area contributed by atoms with E-state index in [0.29, 0.717) is 18.0 Å². The van der Waals surface area contributed by atoms with Gasteiger partial charge in [-0.2, -0.15) is 0 Å². The Morgan fingerprint density at radius 2 is 2.18 bits per heavy atom. The fourth-order valence-corrected chi connectivity index (χ4v) is 2.98. The van der Waals surface area contributed by atoms with Crippen molar-refractivity contribution in [1.29, 1.82) is 0 Å². The van der Waals surface area contributed by atoms with Crippen LogP contribution in [0, 0.1) is 5.92 Å². The second-order valence-corrected chi connectivity index (χ2v) is 5.53. The summed E-state index contributed by atoms with van der Waals surface area (Å²) in [7, 11) is 6.06. The van der Waals surface area contributed by atoms with Gasteiger partial charge in [0.15, 0.2) is 0 Å². The lowest BCUT2D eigenvalue weighted by Gasteiger charge is -2.37. The molecule has 1 saturated heterocycles. The Labute approximate surface area is 106 Å². The van der Waals surface area contributed by atoms with E-state index in [1.807, 2.05) is 0 Å². The summed E-state index contributed by atoms with van der Waals surface area (Å²) in [6.07, 6.45) is 2.60. The van der Waals surface area contributed by atoms with Gasteiger partial charge in [-0.25, -0.2) is 0 Å². The van der Waals surface area contributed by atoms with Gasteiger partial charge in [0, 0.05) is 32.3 Å². The lowest BCUT2D eigenvalue weighted by molar-refractivity contribution is 0.0709. The number of likely N-dealkylation sites (N-methyl/N-ethyl adjacent to an activating group) is 1. The number of likely N-dealkylation sites (tertiary alicyclic amines) is 1. The highest BCUT2D eigenvalue weighted by Gasteiger charge is 2.32. The topological polar surface area (TPSA) is 41.7 Å². The first-order valence-corrected chi connectivity index (χ1v) is 6.69. The van der Waals surface area contributed by atoms with Gasteiger partial charge in [-0.05, 0) is 39.4 Å². The number of ether oxygens (including phenoxy) is 1.